The van der Waals surface area contributed by atoms with Gasteiger partial charge in [-0.15, -0.1) is 0 Å². The number of benzene rings is 1. The van der Waals surface area contributed by atoms with Crippen LogP contribution in [-0.2, 0) is 6.18 Å². The fraction of sp³-hybridized carbons (Fsp3) is 0.227. The average molecular weight is 487 g/mol. The van der Waals surface area contributed by atoms with Gasteiger partial charge in [-0.3, -0.25) is 9.78 Å². The molecule has 0 aliphatic rings. The van der Waals surface area contributed by atoms with Gasteiger partial charge < -0.3 is 9.64 Å². The van der Waals surface area contributed by atoms with E-state index in [0.717, 1.165) is 31.5 Å². The smallest absolute Gasteiger partial charge is 0.433 e. The maximum atomic E-state index is 14.0. The summed E-state index contributed by atoms with van der Waals surface area (Å²) in [4.78, 5) is 20.8. The minimum Gasteiger partial charge on any atom is -0.496 e. The Hall–Kier alpha value is -3.70. The Kier molecular flexibility index (Phi) is 7.08. The number of amides is 1. The molecule has 0 radical (unpaired) electrons. The lowest BCUT2D eigenvalue weighted by Gasteiger charge is -2.25. The predicted molar refractivity (Wildman–Crippen MR) is 108 cm³/mol. The van der Waals surface area contributed by atoms with Crippen molar-refractivity contribution in [3.63, 3.8) is 0 Å². The van der Waals surface area contributed by atoms with Crippen molar-refractivity contribution >= 4 is 11.6 Å². The summed E-state index contributed by atoms with van der Waals surface area (Å²) in [5, 5.41) is 0. The zero-order chi connectivity index (χ0) is 25.2. The second-order valence-corrected chi connectivity index (χ2v) is 7.05. The highest BCUT2D eigenvalue weighted by molar-refractivity contribution is 6.08. The molecule has 5 nitrogen and oxygen atoms in total. The van der Waals surface area contributed by atoms with Crippen molar-refractivity contribution in [3.05, 3.63) is 71.3 Å². The summed E-state index contributed by atoms with van der Waals surface area (Å²) < 4.78 is 99.2. The first-order valence-corrected chi connectivity index (χ1v) is 9.55. The number of anilines is 1. The zero-order valence-electron chi connectivity index (χ0n) is 17.6. The molecule has 2 aromatic heterocycles. The molecular formula is C22H16F7N3O2. The Bertz CT molecular complexity index is 1220. The normalized spacial score (nSPS) is 11.6. The van der Waals surface area contributed by atoms with E-state index in [9.17, 15) is 35.5 Å². The number of carbonyl (C=O) groups excluding carboxylic acids is 1. The van der Waals surface area contributed by atoms with E-state index in [1.165, 1.54) is 19.2 Å². The van der Waals surface area contributed by atoms with Crippen molar-refractivity contribution < 1.29 is 40.3 Å². The van der Waals surface area contributed by atoms with Crippen LogP contribution in [0.4, 0.5) is 36.4 Å². The lowest BCUT2D eigenvalue weighted by Crippen LogP contribution is -2.36. The number of aryl methyl sites for hydroxylation is 1. The van der Waals surface area contributed by atoms with Crippen molar-refractivity contribution in [3.8, 4) is 16.9 Å². The van der Waals surface area contributed by atoms with Crippen LogP contribution < -0.4 is 9.64 Å². The van der Waals surface area contributed by atoms with Crippen LogP contribution >= 0.6 is 0 Å². The molecule has 0 spiro atoms. The first-order chi connectivity index (χ1) is 15.9. The number of methoxy groups -OCH3 is 1. The van der Waals surface area contributed by atoms with Gasteiger partial charge >= 0.3 is 6.18 Å². The minimum absolute atomic E-state index is 0.0402. The Morgan fingerprint density at radius 2 is 1.76 bits per heavy atom. The van der Waals surface area contributed by atoms with Crippen LogP contribution in [0.3, 0.4) is 0 Å². The molecule has 180 valence electrons. The monoisotopic (exact) mass is 487 g/mol. The molecule has 0 aliphatic heterocycles. The first-order valence-electron chi connectivity index (χ1n) is 9.55. The lowest BCUT2D eigenvalue weighted by atomic mass is 10.0. The number of hydrogen-bond acceptors (Lipinski definition) is 4. The summed E-state index contributed by atoms with van der Waals surface area (Å²) in [6, 6.07) is 4.19. The molecule has 0 atom stereocenters. The maximum Gasteiger partial charge on any atom is 0.433 e. The Morgan fingerprint density at radius 3 is 2.38 bits per heavy atom. The topological polar surface area (TPSA) is 55.3 Å². The summed E-state index contributed by atoms with van der Waals surface area (Å²) in [5.74, 6) is -3.88. The molecule has 2 heterocycles. The van der Waals surface area contributed by atoms with E-state index in [1.54, 1.807) is 0 Å². The van der Waals surface area contributed by atoms with E-state index in [-0.39, 0.29) is 28.3 Å². The van der Waals surface area contributed by atoms with Gasteiger partial charge in [0.2, 0.25) is 0 Å². The summed E-state index contributed by atoms with van der Waals surface area (Å²) in [6.07, 6.45) is -5.75. The van der Waals surface area contributed by atoms with Crippen LogP contribution in [0.2, 0.25) is 0 Å². The van der Waals surface area contributed by atoms with Gasteiger partial charge in [-0.05, 0) is 31.2 Å². The number of nitrogens with zero attached hydrogens (tertiary/aromatic N) is 3. The summed E-state index contributed by atoms with van der Waals surface area (Å²) in [6.45, 7) is -0.00261. The molecule has 3 rings (SSSR count). The fourth-order valence-electron chi connectivity index (χ4n) is 3.26. The van der Waals surface area contributed by atoms with Gasteiger partial charge in [-0.2, -0.15) is 13.2 Å². The van der Waals surface area contributed by atoms with Gasteiger partial charge in [-0.25, -0.2) is 22.5 Å². The van der Waals surface area contributed by atoms with Crippen LogP contribution in [0.5, 0.6) is 5.75 Å². The summed E-state index contributed by atoms with van der Waals surface area (Å²) in [5.41, 5.74) is -2.49. The summed E-state index contributed by atoms with van der Waals surface area (Å²) in [7, 11) is 1.16. The number of pyridine rings is 2. The van der Waals surface area contributed by atoms with Crippen LogP contribution in [0.1, 0.15) is 21.7 Å². The number of ether oxygens (including phenoxy) is 1. The van der Waals surface area contributed by atoms with Crippen LogP contribution in [0.25, 0.3) is 11.1 Å². The van der Waals surface area contributed by atoms with E-state index in [0.29, 0.717) is 11.0 Å². The van der Waals surface area contributed by atoms with Gasteiger partial charge in [-0.1, -0.05) is 0 Å². The largest absolute Gasteiger partial charge is 0.496 e. The van der Waals surface area contributed by atoms with Crippen LogP contribution in [-0.4, -0.2) is 36.0 Å². The van der Waals surface area contributed by atoms with Crippen molar-refractivity contribution in [2.75, 3.05) is 18.6 Å². The van der Waals surface area contributed by atoms with Gasteiger partial charge in [0.25, 0.3) is 12.3 Å². The highest BCUT2D eigenvalue weighted by Gasteiger charge is 2.34. The lowest BCUT2D eigenvalue weighted by molar-refractivity contribution is -0.141. The molecule has 34 heavy (non-hydrogen) atoms. The van der Waals surface area contributed by atoms with Crippen LogP contribution in [0.15, 0.2) is 42.7 Å². The van der Waals surface area contributed by atoms with E-state index < -0.39 is 47.9 Å². The predicted octanol–water partition coefficient (Wildman–Crippen LogP) is 5.67. The third-order valence-electron chi connectivity index (χ3n) is 4.68. The third kappa shape index (κ3) is 5.26. The quantitative estimate of drug-likeness (QED) is 0.421. The van der Waals surface area contributed by atoms with Gasteiger partial charge in [0.05, 0.1) is 25.5 Å². The molecule has 12 heteroatoms. The highest BCUT2D eigenvalue weighted by Crippen LogP contribution is 2.38. The second kappa shape index (κ2) is 9.65. The highest BCUT2D eigenvalue weighted by atomic mass is 19.4. The second-order valence-electron chi connectivity index (χ2n) is 7.05. The fourth-order valence-corrected chi connectivity index (χ4v) is 3.26. The van der Waals surface area contributed by atoms with Crippen LogP contribution in [0, 0.1) is 18.6 Å². The number of halogens is 7. The molecule has 1 amide bonds. The Morgan fingerprint density at radius 1 is 1.09 bits per heavy atom. The SMILES string of the molecule is COc1cc(F)c(F)cc1-c1ccncc1N(CC(F)F)C(=O)c1cc(C)nc(C(F)(F)F)c1. The molecule has 0 bridgehead atoms. The number of alkyl halides is 5. The Labute approximate surface area is 188 Å². The first kappa shape index (κ1) is 24.9. The van der Waals surface area contributed by atoms with Crippen molar-refractivity contribution in [2.24, 2.45) is 0 Å². The number of aromatic nitrogens is 2. The molecule has 1 aromatic carbocycles. The average Bonchev–Trinajstić information content (AvgIpc) is 2.77. The molecule has 0 saturated heterocycles. The molecular weight excluding hydrogens is 471 g/mol. The van der Waals surface area contributed by atoms with Crippen molar-refractivity contribution in [1.82, 2.24) is 9.97 Å². The Balaban J connectivity index is 2.20. The van der Waals surface area contributed by atoms with E-state index in [1.807, 2.05) is 0 Å². The summed E-state index contributed by atoms with van der Waals surface area (Å²) >= 11 is 0. The molecule has 0 aliphatic carbocycles. The van der Waals surface area contributed by atoms with Gasteiger partial charge in [0.1, 0.15) is 11.4 Å². The van der Waals surface area contributed by atoms with E-state index >= 15 is 0 Å². The van der Waals surface area contributed by atoms with E-state index in [4.69, 9.17) is 4.74 Å². The number of carbonyl (C=O) groups is 1. The van der Waals surface area contributed by atoms with Gasteiger partial charge in [0, 0.05) is 34.6 Å². The standard InChI is InChI=1S/C22H16F7N3O2/c1-11-5-12(6-19(31-11)22(27,28)29)21(33)32(10-20(25)26)17-9-30-4-3-13(17)14-7-15(23)16(24)8-18(14)34-2/h3-9,20H,10H2,1-2H3. The van der Waals surface area contributed by atoms with Crippen molar-refractivity contribution in [1.29, 1.82) is 0 Å². The molecule has 0 fully saturated rings. The maximum absolute atomic E-state index is 14.0. The number of hydrogen-bond donors (Lipinski definition) is 0. The molecule has 0 saturated carbocycles. The minimum atomic E-state index is -4.88. The van der Waals surface area contributed by atoms with E-state index in [2.05, 4.69) is 9.97 Å². The molecule has 0 unspecified atom stereocenters. The third-order valence-corrected chi connectivity index (χ3v) is 4.68. The zero-order valence-corrected chi connectivity index (χ0v) is 17.6. The number of rotatable bonds is 6. The molecule has 0 N–H and O–H groups in total. The molecule has 3 aromatic rings. The van der Waals surface area contributed by atoms with Gasteiger partial charge in [0.15, 0.2) is 11.6 Å². The van der Waals surface area contributed by atoms with Crippen molar-refractivity contribution in [2.45, 2.75) is 19.5 Å².